The number of nitrogens with one attached hydrogen (secondary N) is 1. The van der Waals surface area contributed by atoms with E-state index in [0.29, 0.717) is 6.04 Å². The van der Waals surface area contributed by atoms with Crippen LogP contribution in [0.4, 0.5) is 0 Å². The zero-order chi connectivity index (χ0) is 13.8. The fourth-order valence-corrected chi connectivity index (χ4v) is 5.76. The van der Waals surface area contributed by atoms with Gasteiger partial charge in [-0.15, -0.1) is 0 Å². The minimum atomic E-state index is 0.250. The zero-order valence-corrected chi connectivity index (χ0v) is 13.9. The fourth-order valence-electron chi connectivity index (χ4n) is 4.55. The van der Waals surface area contributed by atoms with Crippen LogP contribution in [-0.4, -0.2) is 35.3 Å². The van der Waals surface area contributed by atoms with Crippen molar-refractivity contribution in [2.45, 2.75) is 94.1 Å². The summed E-state index contributed by atoms with van der Waals surface area (Å²) in [4.78, 5) is 0. The van der Waals surface area contributed by atoms with Crippen LogP contribution in [0.1, 0.15) is 71.1 Å². The van der Waals surface area contributed by atoms with Crippen LogP contribution in [-0.2, 0) is 4.74 Å². The van der Waals surface area contributed by atoms with E-state index in [1.165, 1.54) is 70.0 Å². The second-order valence-electron chi connectivity index (χ2n) is 6.98. The Morgan fingerprint density at radius 3 is 2.75 bits per heavy atom. The quantitative estimate of drug-likeness (QED) is 0.843. The molecule has 1 aliphatic heterocycles. The molecule has 1 heterocycles. The summed E-state index contributed by atoms with van der Waals surface area (Å²) in [5.74, 6) is 1.26. The normalized spacial score (nSPS) is 37.4. The molecule has 1 spiro atoms. The van der Waals surface area contributed by atoms with Crippen LogP contribution < -0.4 is 5.32 Å². The molecule has 0 amide bonds. The summed E-state index contributed by atoms with van der Waals surface area (Å²) in [6, 6.07) is 1.48. The van der Waals surface area contributed by atoms with E-state index in [1.807, 2.05) is 0 Å². The Labute approximate surface area is 128 Å². The lowest BCUT2D eigenvalue weighted by Gasteiger charge is -2.44. The van der Waals surface area contributed by atoms with Crippen LogP contribution in [0.25, 0.3) is 0 Å². The van der Waals surface area contributed by atoms with Crippen LogP contribution in [0.3, 0.4) is 0 Å². The summed E-state index contributed by atoms with van der Waals surface area (Å²) in [7, 11) is 0. The topological polar surface area (TPSA) is 21.3 Å². The lowest BCUT2D eigenvalue weighted by atomic mass is 9.78. The van der Waals surface area contributed by atoms with Gasteiger partial charge in [-0.1, -0.05) is 32.6 Å². The van der Waals surface area contributed by atoms with Crippen molar-refractivity contribution >= 4 is 11.8 Å². The Kier molecular flexibility index (Phi) is 5.33. The maximum absolute atomic E-state index is 6.23. The average molecular weight is 298 g/mol. The summed E-state index contributed by atoms with van der Waals surface area (Å²) in [5, 5.41) is 4.89. The summed E-state index contributed by atoms with van der Waals surface area (Å²) < 4.78 is 6.23. The van der Waals surface area contributed by atoms with Crippen molar-refractivity contribution in [2.24, 2.45) is 0 Å². The van der Waals surface area contributed by atoms with Crippen molar-refractivity contribution in [3.63, 3.8) is 0 Å². The van der Waals surface area contributed by atoms with Gasteiger partial charge in [-0.25, -0.2) is 0 Å². The van der Waals surface area contributed by atoms with Crippen LogP contribution in [0.5, 0.6) is 0 Å². The molecule has 3 rings (SSSR count). The van der Waals surface area contributed by atoms with Gasteiger partial charge in [-0.2, -0.15) is 11.8 Å². The maximum atomic E-state index is 6.23. The molecule has 3 aliphatic rings. The maximum Gasteiger partial charge on any atom is 0.0697 e. The van der Waals surface area contributed by atoms with Crippen molar-refractivity contribution in [3.05, 3.63) is 0 Å². The van der Waals surface area contributed by atoms with Gasteiger partial charge in [0, 0.05) is 23.9 Å². The van der Waals surface area contributed by atoms with E-state index in [0.717, 1.165) is 17.9 Å². The van der Waals surface area contributed by atoms with Gasteiger partial charge in [0.25, 0.3) is 0 Å². The number of rotatable bonds is 4. The third kappa shape index (κ3) is 3.53. The van der Waals surface area contributed by atoms with Gasteiger partial charge >= 0.3 is 0 Å². The molecule has 2 nitrogen and oxygen atoms in total. The van der Waals surface area contributed by atoms with Gasteiger partial charge in [0.2, 0.25) is 0 Å². The Hall–Kier alpha value is 0.270. The molecule has 3 heteroatoms. The van der Waals surface area contributed by atoms with E-state index in [9.17, 15) is 0 Å². The SMILES string of the molecule is CCSC1CCCC1NC1CCOC2(CCCCC2)C1. The molecule has 0 aromatic heterocycles. The van der Waals surface area contributed by atoms with Gasteiger partial charge in [0.15, 0.2) is 0 Å². The van der Waals surface area contributed by atoms with E-state index in [1.54, 1.807) is 0 Å². The van der Waals surface area contributed by atoms with Crippen LogP contribution in [0.2, 0.25) is 0 Å². The first kappa shape index (κ1) is 15.2. The minimum absolute atomic E-state index is 0.250. The van der Waals surface area contributed by atoms with Crippen LogP contribution in [0, 0.1) is 0 Å². The molecule has 0 radical (unpaired) electrons. The standard InChI is InChI=1S/C17H31NOS/c1-2-20-16-8-6-7-15(16)18-14-9-12-19-17(13-14)10-4-3-5-11-17/h14-16,18H,2-13H2,1H3. The predicted octanol–water partition coefficient (Wildman–Crippen LogP) is 4.13. The van der Waals surface area contributed by atoms with Gasteiger partial charge in [-0.3, -0.25) is 0 Å². The Balaban J connectivity index is 1.54. The van der Waals surface area contributed by atoms with Crippen LogP contribution >= 0.6 is 11.8 Å². The summed E-state index contributed by atoms with van der Waals surface area (Å²) in [6.07, 6.45) is 13.5. The van der Waals surface area contributed by atoms with Crippen molar-refractivity contribution in [2.75, 3.05) is 12.4 Å². The molecule has 0 bridgehead atoms. The first-order chi connectivity index (χ1) is 9.81. The third-order valence-electron chi connectivity index (χ3n) is 5.54. The largest absolute Gasteiger partial charge is 0.375 e. The lowest BCUT2D eigenvalue weighted by Crippen LogP contribution is -2.51. The van der Waals surface area contributed by atoms with E-state index in [4.69, 9.17) is 4.74 Å². The lowest BCUT2D eigenvalue weighted by molar-refractivity contribution is -0.110. The van der Waals surface area contributed by atoms with Crippen LogP contribution in [0.15, 0.2) is 0 Å². The Bertz CT molecular complexity index is 298. The van der Waals surface area contributed by atoms with Gasteiger partial charge < -0.3 is 10.1 Å². The monoisotopic (exact) mass is 297 g/mol. The first-order valence-corrected chi connectivity index (χ1v) is 9.88. The highest BCUT2D eigenvalue weighted by atomic mass is 32.2. The molecule has 2 saturated carbocycles. The average Bonchev–Trinajstić information content (AvgIpc) is 2.88. The minimum Gasteiger partial charge on any atom is -0.375 e. The summed E-state index contributed by atoms with van der Waals surface area (Å²) in [6.45, 7) is 3.28. The number of thioether (sulfide) groups is 1. The zero-order valence-electron chi connectivity index (χ0n) is 13.0. The van der Waals surface area contributed by atoms with Crippen molar-refractivity contribution in [3.8, 4) is 0 Å². The van der Waals surface area contributed by atoms with Crippen molar-refractivity contribution in [1.29, 1.82) is 0 Å². The molecule has 3 fully saturated rings. The second kappa shape index (κ2) is 7.02. The molecule has 2 aliphatic carbocycles. The molecule has 1 saturated heterocycles. The summed E-state index contributed by atoms with van der Waals surface area (Å²) in [5.41, 5.74) is 0.250. The molecular formula is C17H31NOS. The van der Waals surface area contributed by atoms with E-state index < -0.39 is 0 Å². The fraction of sp³-hybridized carbons (Fsp3) is 1.00. The van der Waals surface area contributed by atoms with E-state index in [2.05, 4.69) is 24.0 Å². The molecular weight excluding hydrogens is 266 g/mol. The predicted molar refractivity (Wildman–Crippen MR) is 87.5 cm³/mol. The first-order valence-electron chi connectivity index (χ1n) is 8.83. The number of hydrogen-bond donors (Lipinski definition) is 1. The number of ether oxygens (including phenoxy) is 1. The van der Waals surface area contributed by atoms with Gasteiger partial charge in [0.05, 0.1) is 5.60 Å². The van der Waals surface area contributed by atoms with E-state index >= 15 is 0 Å². The highest BCUT2D eigenvalue weighted by Crippen LogP contribution is 2.39. The second-order valence-corrected chi connectivity index (χ2v) is 8.50. The Morgan fingerprint density at radius 1 is 1.10 bits per heavy atom. The molecule has 3 atom stereocenters. The highest BCUT2D eigenvalue weighted by molar-refractivity contribution is 7.99. The van der Waals surface area contributed by atoms with Crippen molar-refractivity contribution < 1.29 is 4.74 Å². The van der Waals surface area contributed by atoms with E-state index in [-0.39, 0.29) is 5.60 Å². The molecule has 3 unspecified atom stereocenters. The highest BCUT2D eigenvalue weighted by Gasteiger charge is 2.39. The van der Waals surface area contributed by atoms with Gasteiger partial charge in [-0.05, 0) is 44.3 Å². The van der Waals surface area contributed by atoms with Crippen molar-refractivity contribution in [1.82, 2.24) is 5.32 Å². The summed E-state index contributed by atoms with van der Waals surface area (Å²) >= 11 is 2.17. The Morgan fingerprint density at radius 2 is 1.95 bits per heavy atom. The smallest absolute Gasteiger partial charge is 0.0697 e. The third-order valence-corrected chi connectivity index (χ3v) is 6.87. The molecule has 20 heavy (non-hydrogen) atoms. The number of hydrogen-bond acceptors (Lipinski definition) is 3. The molecule has 1 N–H and O–H groups in total. The molecule has 116 valence electrons. The van der Waals surface area contributed by atoms with Gasteiger partial charge in [0.1, 0.15) is 0 Å². The molecule has 0 aromatic carbocycles. The molecule has 0 aromatic rings.